The number of nitrogens with zero attached hydrogens (tertiary/aromatic N) is 2. The van der Waals surface area contributed by atoms with Gasteiger partial charge in [-0.05, 0) is 6.07 Å². The summed E-state index contributed by atoms with van der Waals surface area (Å²) in [6, 6.07) is 1.47. The third-order valence-corrected chi connectivity index (χ3v) is 3.40. The van der Waals surface area contributed by atoms with E-state index in [9.17, 15) is 8.42 Å². The molecule has 0 aliphatic carbocycles. The Bertz CT molecular complexity index is 351. The molecule has 0 fully saturated rings. The van der Waals surface area contributed by atoms with Crippen LogP contribution in [0.4, 0.5) is 0 Å². The Morgan fingerprint density at radius 1 is 1.58 bits per heavy atom. The zero-order valence-electron chi connectivity index (χ0n) is 6.31. The highest BCUT2D eigenvalue weighted by molar-refractivity contribution is 7.92. The van der Waals surface area contributed by atoms with Gasteiger partial charge in [0.15, 0.2) is 14.5 Å². The maximum atomic E-state index is 10.9. The zero-order chi connectivity index (χ0) is 9.19. The van der Waals surface area contributed by atoms with Crippen molar-refractivity contribution in [3.63, 3.8) is 0 Å². The fourth-order valence-corrected chi connectivity index (χ4v) is 1.36. The minimum absolute atomic E-state index is 0.300. The van der Waals surface area contributed by atoms with E-state index in [1.165, 1.54) is 18.6 Å². The van der Waals surface area contributed by atoms with Crippen molar-refractivity contribution in [2.75, 3.05) is 6.26 Å². The maximum Gasteiger partial charge on any atom is 0.176 e. The lowest BCUT2D eigenvalue weighted by molar-refractivity contribution is 0.599. The molecule has 0 spiro atoms. The van der Waals surface area contributed by atoms with E-state index in [1.54, 1.807) is 0 Å². The van der Waals surface area contributed by atoms with Crippen LogP contribution in [0.5, 0.6) is 0 Å². The number of alkyl halides is 1. The van der Waals surface area contributed by atoms with Gasteiger partial charge in [0.25, 0.3) is 0 Å². The highest BCUT2D eigenvalue weighted by Crippen LogP contribution is 2.22. The SMILES string of the molecule is CS(=O)(=O)C(Cl)c1ccncn1. The Morgan fingerprint density at radius 2 is 2.25 bits per heavy atom. The van der Waals surface area contributed by atoms with E-state index < -0.39 is 14.5 Å². The Hall–Kier alpha value is -0.680. The van der Waals surface area contributed by atoms with Gasteiger partial charge in [0.05, 0.1) is 5.69 Å². The summed E-state index contributed by atoms with van der Waals surface area (Å²) in [5.41, 5.74) is 0.300. The first-order valence-corrected chi connectivity index (χ1v) is 5.50. The summed E-state index contributed by atoms with van der Waals surface area (Å²) in [6.45, 7) is 0. The van der Waals surface area contributed by atoms with Crippen LogP contribution in [0.15, 0.2) is 18.6 Å². The van der Waals surface area contributed by atoms with E-state index in [-0.39, 0.29) is 0 Å². The first-order valence-electron chi connectivity index (χ1n) is 3.10. The van der Waals surface area contributed by atoms with Crippen LogP contribution in [0, 0.1) is 0 Å². The molecule has 0 aromatic carbocycles. The summed E-state index contributed by atoms with van der Waals surface area (Å²) < 4.78 is 20.8. The molecule has 12 heavy (non-hydrogen) atoms. The van der Waals surface area contributed by atoms with E-state index in [1.807, 2.05) is 0 Å². The molecule has 0 saturated carbocycles. The van der Waals surface area contributed by atoms with Crippen LogP contribution in [0.2, 0.25) is 0 Å². The van der Waals surface area contributed by atoms with Gasteiger partial charge in [-0.3, -0.25) is 0 Å². The third-order valence-electron chi connectivity index (χ3n) is 1.21. The van der Waals surface area contributed by atoms with Gasteiger partial charge in [-0.1, -0.05) is 11.6 Å². The van der Waals surface area contributed by atoms with Gasteiger partial charge in [-0.15, -0.1) is 0 Å². The number of aromatic nitrogens is 2. The van der Waals surface area contributed by atoms with Crippen molar-refractivity contribution >= 4 is 21.4 Å². The molecule has 0 aliphatic rings. The molecule has 4 nitrogen and oxygen atoms in total. The number of sulfone groups is 1. The lowest BCUT2D eigenvalue weighted by Gasteiger charge is -2.04. The monoisotopic (exact) mass is 206 g/mol. The van der Waals surface area contributed by atoms with Crippen LogP contribution in [0.3, 0.4) is 0 Å². The molecule has 1 heterocycles. The molecule has 1 rings (SSSR count). The van der Waals surface area contributed by atoms with Gasteiger partial charge in [-0.2, -0.15) is 0 Å². The molecule has 0 saturated heterocycles. The van der Waals surface area contributed by atoms with Crippen molar-refractivity contribution in [2.24, 2.45) is 0 Å². The standard InChI is InChI=1S/C6H7ClN2O2S/c1-12(10,11)6(7)5-2-3-8-4-9-5/h2-4,6H,1H3. The van der Waals surface area contributed by atoms with E-state index >= 15 is 0 Å². The second-order valence-corrected chi connectivity index (χ2v) is 5.11. The molecule has 1 aromatic heterocycles. The first-order chi connectivity index (χ1) is 5.52. The lowest BCUT2D eigenvalue weighted by Crippen LogP contribution is -2.06. The Kier molecular flexibility index (Phi) is 2.64. The van der Waals surface area contributed by atoms with Crippen LogP contribution < -0.4 is 0 Å². The van der Waals surface area contributed by atoms with Gasteiger partial charge in [0.1, 0.15) is 6.33 Å². The van der Waals surface area contributed by atoms with E-state index in [0.717, 1.165) is 6.26 Å². The summed E-state index contributed by atoms with van der Waals surface area (Å²) in [5.74, 6) is 0. The highest BCUT2D eigenvalue weighted by Gasteiger charge is 2.20. The van der Waals surface area contributed by atoms with Crippen LogP contribution in [0.1, 0.15) is 10.4 Å². The van der Waals surface area contributed by atoms with Gasteiger partial charge >= 0.3 is 0 Å². The second kappa shape index (κ2) is 3.37. The molecule has 0 radical (unpaired) electrons. The van der Waals surface area contributed by atoms with Crippen molar-refractivity contribution in [2.45, 2.75) is 4.71 Å². The van der Waals surface area contributed by atoms with Crippen molar-refractivity contribution in [1.82, 2.24) is 9.97 Å². The third kappa shape index (κ3) is 2.15. The van der Waals surface area contributed by atoms with Crippen LogP contribution in [-0.2, 0) is 9.84 Å². The topological polar surface area (TPSA) is 59.9 Å². The van der Waals surface area contributed by atoms with E-state index in [0.29, 0.717) is 5.69 Å². The summed E-state index contributed by atoms with van der Waals surface area (Å²) >= 11 is 5.60. The summed E-state index contributed by atoms with van der Waals surface area (Å²) in [4.78, 5) is 7.37. The predicted molar refractivity (Wildman–Crippen MR) is 45.5 cm³/mol. The highest BCUT2D eigenvalue weighted by atomic mass is 35.5. The number of rotatable bonds is 2. The Labute approximate surface area is 75.5 Å². The molecule has 6 heteroatoms. The van der Waals surface area contributed by atoms with Crippen molar-refractivity contribution in [3.05, 3.63) is 24.3 Å². The van der Waals surface area contributed by atoms with E-state index in [2.05, 4.69) is 9.97 Å². The molecule has 0 N–H and O–H groups in total. The zero-order valence-corrected chi connectivity index (χ0v) is 7.88. The van der Waals surface area contributed by atoms with Crippen molar-refractivity contribution in [3.8, 4) is 0 Å². The second-order valence-electron chi connectivity index (χ2n) is 2.28. The van der Waals surface area contributed by atoms with E-state index in [4.69, 9.17) is 11.6 Å². The van der Waals surface area contributed by atoms with Gasteiger partial charge in [-0.25, -0.2) is 18.4 Å². The fourth-order valence-electron chi connectivity index (χ4n) is 0.655. The van der Waals surface area contributed by atoms with Crippen LogP contribution in [0.25, 0.3) is 0 Å². The average Bonchev–Trinajstić information content (AvgIpc) is 2.03. The normalized spacial score (nSPS) is 14.2. The molecule has 66 valence electrons. The fraction of sp³-hybridized carbons (Fsp3) is 0.333. The summed E-state index contributed by atoms with van der Waals surface area (Å²) in [6.07, 6.45) is 3.77. The van der Waals surface area contributed by atoms with Gasteiger partial charge in [0.2, 0.25) is 0 Å². The van der Waals surface area contributed by atoms with Crippen LogP contribution >= 0.6 is 11.6 Å². The van der Waals surface area contributed by atoms with Crippen molar-refractivity contribution < 1.29 is 8.42 Å². The van der Waals surface area contributed by atoms with Crippen molar-refractivity contribution in [1.29, 1.82) is 0 Å². The molecule has 1 unspecified atom stereocenters. The minimum atomic E-state index is -3.28. The molecule has 0 aliphatic heterocycles. The summed E-state index contributed by atoms with van der Waals surface area (Å²) in [7, 11) is -3.28. The first kappa shape index (κ1) is 9.41. The molecular formula is C6H7ClN2O2S. The predicted octanol–water partition coefficient (Wildman–Crippen LogP) is 0.759. The lowest BCUT2D eigenvalue weighted by atomic mass is 10.5. The Morgan fingerprint density at radius 3 is 2.67 bits per heavy atom. The van der Waals surface area contributed by atoms with Gasteiger partial charge < -0.3 is 0 Å². The minimum Gasteiger partial charge on any atom is -0.245 e. The smallest absolute Gasteiger partial charge is 0.176 e. The molecule has 0 amide bonds. The molecular weight excluding hydrogens is 200 g/mol. The van der Waals surface area contributed by atoms with Crippen LogP contribution in [-0.4, -0.2) is 24.6 Å². The number of halogens is 1. The quantitative estimate of drug-likeness (QED) is 0.671. The Balaban J connectivity index is 3.02. The molecule has 1 atom stereocenters. The summed E-state index contributed by atoms with van der Waals surface area (Å²) in [5, 5.41) is 0. The maximum absolute atomic E-state index is 10.9. The number of hydrogen-bond donors (Lipinski definition) is 0. The molecule has 1 aromatic rings. The van der Waals surface area contributed by atoms with Gasteiger partial charge in [0, 0.05) is 12.5 Å². The average molecular weight is 207 g/mol. The largest absolute Gasteiger partial charge is 0.245 e. The molecule has 0 bridgehead atoms. The number of hydrogen-bond acceptors (Lipinski definition) is 4.